The van der Waals surface area contributed by atoms with Gasteiger partial charge in [0.1, 0.15) is 22.9 Å². The van der Waals surface area contributed by atoms with E-state index in [-0.39, 0.29) is 16.5 Å². The van der Waals surface area contributed by atoms with Crippen LogP contribution in [0.4, 0.5) is 5.69 Å². The van der Waals surface area contributed by atoms with Gasteiger partial charge in [-0.25, -0.2) is 5.43 Å². The Morgan fingerprint density at radius 1 is 1.19 bits per heavy atom. The number of nitro benzene ring substituents is 1. The van der Waals surface area contributed by atoms with E-state index in [4.69, 9.17) is 25.2 Å². The quantitative estimate of drug-likeness (QED) is 0.227. The van der Waals surface area contributed by atoms with Crippen molar-refractivity contribution in [3.05, 3.63) is 81.3 Å². The maximum absolute atomic E-state index is 12.3. The van der Waals surface area contributed by atoms with Gasteiger partial charge in [0, 0.05) is 23.1 Å². The van der Waals surface area contributed by atoms with Crippen LogP contribution in [-0.4, -0.2) is 23.7 Å². The molecule has 0 aliphatic heterocycles. The Balaban J connectivity index is 1.43. The van der Waals surface area contributed by atoms with Crippen LogP contribution in [0.3, 0.4) is 0 Å². The SMILES string of the molecule is CCOc1ccc2oc(C(=O)N/N=C/c3ccc(-c4ccc([N+](=O)[O-])cc4Cl)o3)cc2c1. The number of carbonyl (C=O) groups excluding carboxylic acids is 1. The summed E-state index contributed by atoms with van der Waals surface area (Å²) in [5.41, 5.74) is 3.31. The summed E-state index contributed by atoms with van der Waals surface area (Å²) in [5.74, 6) is 1.01. The molecule has 1 amide bonds. The average Bonchev–Trinajstić information content (AvgIpc) is 3.40. The first-order valence-corrected chi connectivity index (χ1v) is 9.86. The molecule has 162 valence electrons. The lowest BCUT2D eigenvalue weighted by Gasteiger charge is -2.00. The van der Waals surface area contributed by atoms with Crippen LogP contribution in [0.25, 0.3) is 22.3 Å². The third-order valence-corrected chi connectivity index (χ3v) is 4.75. The van der Waals surface area contributed by atoms with E-state index in [1.807, 2.05) is 6.92 Å². The fourth-order valence-electron chi connectivity index (χ4n) is 2.98. The number of non-ortho nitro benzene ring substituents is 1. The van der Waals surface area contributed by atoms with Gasteiger partial charge in [-0.1, -0.05) is 11.6 Å². The summed E-state index contributed by atoms with van der Waals surface area (Å²) in [6.45, 7) is 2.43. The number of fused-ring (bicyclic) bond motifs is 1. The van der Waals surface area contributed by atoms with E-state index in [1.54, 1.807) is 36.4 Å². The number of carbonyl (C=O) groups is 1. The number of halogens is 1. The number of amides is 1. The molecule has 0 saturated carbocycles. The fraction of sp³-hybridized carbons (Fsp3) is 0.0909. The van der Waals surface area contributed by atoms with Crippen molar-refractivity contribution in [1.29, 1.82) is 0 Å². The third kappa shape index (κ3) is 4.47. The van der Waals surface area contributed by atoms with Crippen LogP contribution in [0.15, 0.2) is 68.5 Å². The number of furan rings is 2. The molecule has 0 bridgehead atoms. The van der Waals surface area contributed by atoms with Crippen molar-refractivity contribution in [3.63, 3.8) is 0 Å². The minimum atomic E-state index is -0.529. The molecule has 1 N–H and O–H groups in total. The first kappa shape index (κ1) is 21.1. The van der Waals surface area contributed by atoms with Crippen molar-refractivity contribution in [2.24, 2.45) is 5.10 Å². The molecule has 0 spiro atoms. The number of benzene rings is 2. The van der Waals surface area contributed by atoms with Crippen molar-refractivity contribution in [2.75, 3.05) is 6.61 Å². The lowest BCUT2D eigenvalue weighted by atomic mass is 10.1. The van der Waals surface area contributed by atoms with E-state index in [2.05, 4.69) is 10.5 Å². The van der Waals surface area contributed by atoms with Gasteiger partial charge < -0.3 is 13.6 Å². The zero-order valence-electron chi connectivity index (χ0n) is 16.7. The first-order chi connectivity index (χ1) is 15.4. The van der Waals surface area contributed by atoms with Gasteiger partial charge in [-0.05, 0) is 49.4 Å². The number of hydrogen-bond acceptors (Lipinski definition) is 7. The normalized spacial score (nSPS) is 11.2. The van der Waals surface area contributed by atoms with Gasteiger partial charge in [-0.2, -0.15) is 5.10 Å². The van der Waals surface area contributed by atoms with Gasteiger partial charge in [-0.3, -0.25) is 14.9 Å². The second-order valence-corrected chi connectivity index (χ2v) is 6.97. The van der Waals surface area contributed by atoms with Crippen LogP contribution in [-0.2, 0) is 0 Å². The highest BCUT2D eigenvalue weighted by Crippen LogP contribution is 2.32. The molecule has 4 rings (SSSR count). The number of hydrazone groups is 1. The predicted molar refractivity (Wildman–Crippen MR) is 118 cm³/mol. The third-order valence-electron chi connectivity index (χ3n) is 4.44. The Morgan fingerprint density at radius 3 is 2.78 bits per heavy atom. The zero-order chi connectivity index (χ0) is 22.7. The lowest BCUT2D eigenvalue weighted by Crippen LogP contribution is -2.16. The van der Waals surface area contributed by atoms with Crippen LogP contribution < -0.4 is 10.2 Å². The molecule has 0 atom stereocenters. The minimum absolute atomic E-state index is 0.101. The molecule has 9 nitrogen and oxygen atoms in total. The second kappa shape index (κ2) is 8.94. The van der Waals surface area contributed by atoms with Crippen LogP contribution in [0, 0.1) is 10.1 Å². The number of ether oxygens (including phenoxy) is 1. The highest BCUT2D eigenvalue weighted by Gasteiger charge is 2.14. The van der Waals surface area contributed by atoms with E-state index >= 15 is 0 Å². The Bertz CT molecular complexity index is 1340. The Hall–Kier alpha value is -4.11. The van der Waals surface area contributed by atoms with E-state index in [0.717, 1.165) is 5.39 Å². The monoisotopic (exact) mass is 453 g/mol. The summed E-state index contributed by atoms with van der Waals surface area (Å²) in [4.78, 5) is 22.6. The predicted octanol–water partition coefficient (Wildman–Crippen LogP) is 5.42. The molecule has 32 heavy (non-hydrogen) atoms. The van der Waals surface area contributed by atoms with E-state index in [1.165, 1.54) is 24.4 Å². The molecular weight excluding hydrogens is 438 g/mol. The molecule has 10 heteroatoms. The topological polar surface area (TPSA) is 120 Å². The van der Waals surface area contributed by atoms with Gasteiger partial charge in [0.2, 0.25) is 0 Å². The Morgan fingerprint density at radius 2 is 2.03 bits per heavy atom. The number of nitrogens with zero attached hydrogens (tertiary/aromatic N) is 2. The van der Waals surface area contributed by atoms with Crippen LogP contribution in [0.1, 0.15) is 23.2 Å². The molecule has 0 saturated heterocycles. The van der Waals surface area contributed by atoms with E-state index < -0.39 is 10.8 Å². The molecule has 4 aromatic rings. The summed E-state index contributed by atoms with van der Waals surface area (Å²) >= 11 is 6.12. The average molecular weight is 454 g/mol. The summed E-state index contributed by atoms with van der Waals surface area (Å²) in [5, 5.41) is 15.6. The molecule has 2 aromatic heterocycles. The van der Waals surface area contributed by atoms with Crippen LogP contribution in [0.2, 0.25) is 5.02 Å². The molecule has 0 unspecified atom stereocenters. The molecule has 0 radical (unpaired) electrons. The van der Waals surface area contributed by atoms with Crippen molar-refractivity contribution in [2.45, 2.75) is 6.92 Å². The summed E-state index contributed by atoms with van der Waals surface area (Å²) in [6, 6.07) is 14.2. The molecule has 0 aliphatic rings. The van der Waals surface area contributed by atoms with E-state index in [9.17, 15) is 14.9 Å². The van der Waals surface area contributed by atoms with Gasteiger partial charge >= 0.3 is 5.91 Å². The van der Waals surface area contributed by atoms with Gasteiger partial charge in [0.05, 0.1) is 22.8 Å². The smallest absolute Gasteiger partial charge is 0.307 e. The van der Waals surface area contributed by atoms with Crippen LogP contribution in [0.5, 0.6) is 5.75 Å². The number of nitro groups is 1. The van der Waals surface area contributed by atoms with Gasteiger partial charge in [0.15, 0.2) is 5.76 Å². The van der Waals surface area contributed by atoms with Crippen LogP contribution >= 0.6 is 11.6 Å². The van der Waals surface area contributed by atoms with Gasteiger partial charge in [-0.15, -0.1) is 0 Å². The number of nitrogens with one attached hydrogen (secondary N) is 1. The summed E-state index contributed by atoms with van der Waals surface area (Å²) < 4.78 is 16.6. The Kier molecular flexibility index (Phi) is 5.91. The number of hydrogen-bond donors (Lipinski definition) is 1. The van der Waals surface area contributed by atoms with Crippen molar-refractivity contribution >= 4 is 40.4 Å². The molecule has 2 heterocycles. The zero-order valence-corrected chi connectivity index (χ0v) is 17.5. The van der Waals surface area contributed by atoms with E-state index in [0.29, 0.717) is 35.0 Å². The molecule has 0 aliphatic carbocycles. The van der Waals surface area contributed by atoms with Gasteiger partial charge in [0.25, 0.3) is 5.69 Å². The maximum Gasteiger partial charge on any atom is 0.307 e. The van der Waals surface area contributed by atoms with Crippen molar-refractivity contribution in [1.82, 2.24) is 5.43 Å². The highest BCUT2D eigenvalue weighted by atomic mass is 35.5. The standard InChI is InChI=1S/C22H16ClN3O6/c1-2-30-15-4-7-19-13(9-15)10-21(32-19)22(27)25-24-12-16-5-8-20(31-16)17-6-3-14(26(28)29)11-18(17)23/h3-12H,2H2,1H3,(H,25,27)/b24-12+. The maximum atomic E-state index is 12.3. The summed E-state index contributed by atoms with van der Waals surface area (Å²) in [6.07, 6.45) is 1.32. The van der Waals surface area contributed by atoms with Crippen molar-refractivity contribution in [3.8, 4) is 17.1 Å². The first-order valence-electron chi connectivity index (χ1n) is 9.48. The summed E-state index contributed by atoms with van der Waals surface area (Å²) in [7, 11) is 0. The fourth-order valence-corrected chi connectivity index (χ4v) is 3.25. The molecule has 2 aromatic carbocycles. The minimum Gasteiger partial charge on any atom is -0.494 e. The Labute approximate surface area is 186 Å². The second-order valence-electron chi connectivity index (χ2n) is 6.57. The largest absolute Gasteiger partial charge is 0.494 e. The molecular formula is C22H16ClN3O6. The molecule has 0 fully saturated rings. The highest BCUT2D eigenvalue weighted by molar-refractivity contribution is 6.33. The van der Waals surface area contributed by atoms with Crippen molar-refractivity contribution < 1.29 is 23.3 Å². The lowest BCUT2D eigenvalue weighted by molar-refractivity contribution is -0.384. The number of rotatable bonds is 7.